The van der Waals surface area contributed by atoms with Gasteiger partial charge in [0.25, 0.3) is 5.91 Å². The van der Waals surface area contributed by atoms with Crippen molar-refractivity contribution in [2.24, 2.45) is 0 Å². The van der Waals surface area contributed by atoms with E-state index in [9.17, 15) is 22.4 Å². The van der Waals surface area contributed by atoms with Crippen molar-refractivity contribution >= 4 is 21.8 Å². The Kier molecular flexibility index (Phi) is 5.75. The summed E-state index contributed by atoms with van der Waals surface area (Å²) in [6, 6.07) is 3.85. The molecular weight excluding hydrogens is 350 g/mol. The van der Waals surface area contributed by atoms with E-state index in [0.29, 0.717) is 4.47 Å². The molecule has 1 aromatic carbocycles. The van der Waals surface area contributed by atoms with Crippen molar-refractivity contribution in [3.8, 4) is 5.75 Å². The van der Waals surface area contributed by atoms with Crippen LogP contribution in [-0.2, 0) is 4.79 Å². The zero-order valence-electron chi connectivity index (χ0n) is 9.88. The number of alkyl halides is 3. The van der Waals surface area contributed by atoms with Crippen LogP contribution >= 0.6 is 15.9 Å². The van der Waals surface area contributed by atoms with Gasteiger partial charge in [-0.05, 0) is 18.2 Å². The lowest BCUT2D eigenvalue weighted by Gasteiger charge is -2.15. The number of carbonyl (C=O) groups is 1. The van der Waals surface area contributed by atoms with E-state index in [1.54, 1.807) is 0 Å². The summed E-state index contributed by atoms with van der Waals surface area (Å²) in [6.07, 6.45) is -7.47. The fraction of sp³-hybridized carbons (Fsp3) is 0.364. The minimum absolute atomic E-state index is 0.209. The van der Waals surface area contributed by atoms with E-state index in [4.69, 9.17) is 9.84 Å². The fourth-order valence-electron chi connectivity index (χ4n) is 1.11. The second-order valence-electron chi connectivity index (χ2n) is 3.72. The molecule has 0 spiro atoms. The molecule has 1 aromatic rings. The fourth-order valence-corrected chi connectivity index (χ4v) is 1.45. The van der Waals surface area contributed by atoms with Crippen LogP contribution in [0.4, 0.5) is 17.6 Å². The average Bonchev–Trinajstić information content (AvgIpc) is 2.33. The van der Waals surface area contributed by atoms with Gasteiger partial charge in [-0.15, -0.1) is 0 Å². The molecule has 0 fully saturated rings. The molecule has 0 aliphatic heterocycles. The van der Waals surface area contributed by atoms with Crippen molar-refractivity contribution in [3.63, 3.8) is 0 Å². The van der Waals surface area contributed by atoms with Crippen molar-refractivity contribution in [2.75, 3.05) is 13.2 Å². The molecule has 0 aromatic heterocycles. The van der Waals surface area contributed by atoms with Crippen LogP contribution in [0.2, 0.25) is 0 Å². The quantitative estimate of drug-likeness (QED) is 0.790. The molecule has 0 aliphatic rings. The molecule has 1 rings (SSSR count). The molecule has 0 aliphatic carbocycles. The number of amides is 1. The number of aliphatic hydroxyl groups is 1. The molecule has 20 heavy (non-hydrogen) atoms. The second kappa shape index (κ2) is 6.89. The summed E-state index contributed by atoms with van der Waals surface area (Å²) in [7, 11) is 0. The molecular formula is C11H10BrF4NO3. The van der Waals surface area contributed by atoms with Crippen LogP contribution in [0.25, 0.3) is 0 Å². The Morgan fingerprint density at radius 2 is 2.10 bits per heavy atom. The number of rotatable bonds is 5. The van der Waals surface area contributed by atoms with Gasteiger partial charge in [-0.1, -0.05) is 15.9 Å². The summed E-state index contributed by atoms with van der Waals surface area (Å²) >= 11 is 3.03. The van der Waals surface area contributed by atoms with Gasteiger partial charge >= 0.3 is 6.18 Å². The molecule has 0 saturated heterocycles. The standard InChI is InChI=1S/C11H10BrF4NO3/c12-6-1-2-8(7(13)3-6)20-5-10(19)17-4-9(18)11(14,15)16/h1-3,9,18H,4-5H2,(H,17,19). The van der Waals surface area contributed by atoms with Gasteiger partial charge in [-0.25, -0.2) is 4.39 Å². The lowest BCUT2D eigenvalue weighted by molar-refractivity contribution is -0.201. The molecule has 0 radical (unpaired) electrons. The number of nitrogens with one attached hydrogen (secondary N) is 1. The number of hydrogen-bond donors (Lipinski definition) is 2. The Labute approximate surface area is 119 Å². The average molecular weight is 360 g/mol. The van der Waals surface area contributed by atoms with E-state index >= 15 is 0 Å². The largest absolute Gasteiger partial charge is 0.481 e. The number of hydrogen-bond acceptors (Lipinski definition) is 3. The molecule has 2 N–H and O–H groups in total. The maximum Gasteiger partial charge on any atom is 0.416 e. The Hall–Kier alpha value is -1.35. The first-order valence-corrected chi connectivity index (χ1v) is 6.09. The summed E-state index contributed by atoms with van der Waals surface area (Å²) < 4.78 is 54.4. The summed E-state index contributed by atoms with van der Waals surface area (Å²) in [5.41, 5.74) is 0. The van der Waals surface area contributed by atoms with Crippen molar-refractivity contribution in [1.29, 1.82) is 0 Å². The zero-order chi connectivity index (χ0) is 15.3. The highest BCUT2D eigenvalue weighted by molar-refractivity contribution is 9.10. The first-order valence-electron chi connectivity index (χ1n) is 5.29. The summed E-state index contributed by atoms with van der Waals surface area (Å²) in [4.78, 5) is 11.2. The summed E-state index contributed by atoms with van der Waals surface area (Å²) in [5, 5.41) is 10.5. The van der Waals surface area contributed by atoms with Crippen LogP contribution in [0.3, 0.4) is 0 Å². The normalized spacial score (nSPS) is 12.9. The smallest absolute Gasteiger partial charge is 0.416 e. The Morgan fingerprint density at radius 1 is 1.45 bits per heavy atom. The van der Waals surface area contributed by atoms with Crippen molar-refractivity contribution in [2.45, 2.75) is 12.3 Å². The van der Waals surface area contributed by atoms with E-state index < -0.39 is 37.2 Å². The van der Waals surface area contributed by atoms with Gasteiger partial charge in [0, 0.05) is 4.47 Å². The second-order valence-corrected chi connectivity index (χ2v) is 4.64. The zero-order valence-corrected chi connectivity index (χ0v) is 11.5. The predicted molar refractivity (Wildman–Crippen MR) is 64.7 cm³/mol. The van der Waals surface area contributed by atoms with Crippen LogP contribution in [0.15, 0.2) is 22.7 Å². The maximum atomic E-state index is 13.3. The number of benzene rings is 1. The molecule has 0 heterocycles. The van der Waals surface area contributed by atoms with Crippen molar-refractivity contribution in [3.05, 3.63) is 28.5 Å². The van der Waals surface area contributed by atoms with Crippen LogP contribution in [-0.4, -0.2) is 36.4 Å². The molecule has 0 bridgehead atoms. The van der Waals surface area contributed by atoms with Gasteiger partial charge in [0.05, 0.1) is 6.54 Å². The van der Waals surface area contributed by atoms with E-state index in [-0.39, 0.29) is 5.75 Å². The molecule has 9 heteroatoms. The van der Waals surface area contributed by atoms with Crippen molar-refractivity contribution < 1.29 is 32.2 Å². The molecule has 1 unspecified atom stereocenters. The molecule has 1 amide bonds. The lowest BCUT2D eigenvalue weighted by Crippen LogP contribution is -2.42. The van der Waals surface area contributed by atoms with Gasteiger partial charge in [0.1, 0.15) is 0 Å². The van der Waals surface area contributed by atoms with E-state index in [1.165, 1.54) is 12.1 Å². The topological polar surface area (TPSA) is 58.6 Å². The molecule has 1 atom stereocenters. The van der Waals surface area contributed by atoms with E-state index in [2.05, 4.69) is 15.9 Å². The van der Waals surface area contributed by atoms with Gasteiger partial charge < -0.3 is 15.2 Å². The molecule has 4 nitrogen and oxygen atoms in total. The Balaban J connectivity index is 2.40. The van der Waals surface area contributed by atoms with Gasteiger partial charge in [0.15, 0.2) is 24.3 Å². The number of aliphatic hydroxyl groups excluding tert-OH is 1. The third kappa shape index (κ3) is 5.33. The van der Waals surface area contributed by atoms with E-state index in [1.807, 2.05) is 5.32 Å². The maximum absolute atomic E-state index is 13.3. The molecule has 112 valence electrons. The van der Waals surface area contributed by atoms with Crippen LogP contribution in [0, 0.1) is 5.82 Å². The third-order valence-corrected chi connectivity index (χ3v) is 2.62. The Bertz CT molecular complexity index is 481. The van der Waals surface area contributed by atoms with Crippen molar-refractivity contribution in [1.82, 2.24) is 5.32 Å². The number of halogens is 5. The lowest BCUT2D eigenvalue weighted by atomic mass is 10.3. The monoisotopic (exact) mass is 359 g/mol. The minimum Gasteiger partial charge on any atom is -0.481 e. The van der Waals surface area contributed by atoms with Crippen LogP contribution in [0.1, 0.15) is 0 Å². The SMILES string of the molecule is O=C(COc1ccc(Br)cc1F)NCC(O)C(F)(F)F. The number of carbonyl (C=O) groups excluding carboxylic acids is 1. The predicted octanol–water partition coefficient (Wildman–Crippen LogP) is 2.01. The minimum atomic E-state index is -4.81. The first-order chi connectivity index (χ1) is 9.20. The van der Waals surface area contributed by atoms with Gasteiger partial charge in [-0.2, -0.15) is 13.2 Å². The highest BCUT2D eigenvalue weighted by Gasteiger charge is 2.38. The van der Waals surface area contributed by atoms with Crippen LogP contribution in [0.5, 0.6) is 5.75 Å². The summed E-state index contributed by atoms with van der Waals surface area (Å²) in [5.74, 6) is -1.84. The van der Waals surface area contributed by atoms with Crippen LogP contribution < -0.4 is 10.1 Å². The summed E-state index contributed by atoms with van der Waals surface area (Å²) in [6.45, 7) is -1.66. The first kappa shape index (κ1) is 16.7. The Morgan fingerprint density at radius 3 is 2.65 bits per heavy atom. The third-order valence-electron chi connectivity index (χ3n) is 2.12. The van der Waals surface area contributed by atoms with Gasteiger partial charge in [-0.3, -0.25) is 4.79 Å². The van der Waals surface area contributed by atoms with E-state index in [0.717, 1.165) is 6.07 Å². The number of ether oxygens (including phenoxy) is 1. The molecule has 0 saturated carbocycles. The highest BCUT2D eigenvalue weighted by Crippen LogP contribution is 2.21. The highest BCUT2D eigenvalue weighted by atomic mass is 79.9. The van der Waals surface area contributed by atoms with Gasteiger partial charge in [0.2, 0.25) is 0 Å².